The molecule has 0 aliphatic carbocycles. The van der Waals surface area contributed by atoms with Crippen molar-refractivity contribution in [3.05, 3.63) is 52.5 Å². The molecule has 1 unspecified atom stereocenters. The molecule has 0 amide bonds. The number of rotatable bonds is 4. The topological polar surface area (TPSA) is 38.1 Å². The van der Waals surface area contributed by atoms with E-state index in [0.717, 1.165) is 16.7 Å². The number of aliphatic hydroxyl groups excluding tert-OH is 1. The number of aromatic nitrogens is 2. The maximum Gasteiger partial charge on any atom is 0.0953 e. The summed E-state index contributed by atoms with van der Waals surface area (Å²) >= 11 is 3.41. The Hall–Kier alpha value is -1.13. The lowest BCUT2D eigenvalue weighted by molar-refractivity contribution is 0.164. The Morgan fingerprint density at radius 1 is 1.35 bits per heavy atom. The van der Waals surface area contributed by atoms with Gasteiger partial charge < -0.3 is 9.67 Å². The van der Waals surface area contributed by atoms with Gasteiger partial charge in [-0.05, 0) is 24.1 Å². The Kier molecular flexibility index (Phi) is 3.97. The fourth-order valence-electron chi connectivity index (χ4n) is 1.74. The molecule has 0 radical (unpaired) electrons. The van der Waals surface area contributed by atoms with Crippen LogP contribution in [-0.4, -0.2) is 14.7 Å². The van der Waals surface area contributed by atoms with Crippen LogP contribution in [0.15, 0.2) is 41.3 Å². The Morgan fingerprint density at radius 3 is 2.71 bits per heavy atom. The molecule has 4 heteroatoms. The van der Waals surface area contributed by atoms with Crippen LogP contribution in [0.3, 0.4) is 0 Å². The summed E-state index contributed by atoms with van der Waals surface area (Å²) in [5, 5.41) is 9.85. The highest BCUT2D eigenvalue weighted by atomic mass is 79.9. The van der Waals surface area contributed by atoms with Crippen molar-refractivity contribution < 1.29 is 5.11 Å². The molecule has 0 bridgehead atoms. The molecule has 1 heterocycles. The van der Waals surface area contributed by atoms with Crippen LogP contribution in [0.5, 0.6) is 0 Å². The number of halogens is 1. The van der Waals surface area contributed by atoms with Crippen molar-refractivity contribution in [2.24, 2.45) is 0 Å². The van der Waals surface area contributed by atoms with E-state index in [2.05, 4.69) is 33.0 Å². The highest BCUT2D eigenvalue weighted by Gasteiger charge is 2.10. The SMILES string of the molecule is CCC(O)c1cncn1Cc1ccc(Br)cc1. The van der Waals surface area contributed by atoms with Crippen molar-refractivity contribution in [1.82, 2.24) is 9.55 Å². The summed E-state index contributed by atoms with van der Waals surface area (Å²) in [7, 11) is 0. The van der Waals surface area contributed by atoms with Crippen LogP contribution in [0.2, 0.25) is 0 Å². The smallest absolute Gasteiger partial charge is 0.0953 e. The third kappa shape index (κ3) is 2.96. The Labute approximate surface area is 109 Å². The second kappa shape index (κ2) is 5.47. The molecular weight excluding hydrogens is 280 g/mol. The van der Waals surface area contributed by atoms with Crippen LogP contribution in [0.1, 0.15) is 30.7 Å². The van der Waals surface area contributed by atoms with Crippen LogP contribution in [0.4, 0.5) is 0 Å². The molecule has 0 aliphatic rings. The normalized spacial score (nSPS) is 12.6. The van der Waals surface area contributed by atoms with Crippen molar-refractivity contribution in [2.75, 3.05) is 0 Å². The van der Waals surface area contributed by atoms with Gasteiger partial charge in [0, 0.05) is 11.0 Å². The van der Waals surface area contributed by atoms with Crippen LogP contribution >= 0.6 is 15.9 Å². The molecule has 1 atom stereocenters. The summed E-state index contributed by atoms with van der Waals surface area (Å²) < 4.78 is 3.05. The van der Waals surface area contributed by atoms with Gasteiger partial charge in [-0.3, -0.25) is 0 Å². The summed E-state index contributed by atoms with van der Waals surface area (Å²) in [5.41, 5.74) is 2.06. The lowest BCUT2D eigenvalue weighted by Crippen LogP contribution is -2.07. The summed E-state index contributed by atoms with van der Waals surface area (Å²) in [6.45, 7) is 2.70. The van der Waals surface area contributed by atoms with Gasteiger partial charge in [-0.1, -0.05) is 35.0 Å². The molecule has 0 saturated carbocycles. The quantitative estimate of drug-likeness (QED) is 0.941. The molecule has 0 fully saturated rings. The van der Waals surface area contributed by atoms with Gasteiger partial charge in [-0.2, -0.15) is 0 Å². The number of aliphatic hydroxyl groups is 1. The van der Waals surface area contributed by atoms with E-state index in [1.54, 1.807) is 12.5 Å². The first-order valence-electron chi connectivity index (χ1n) is 5.63. The monoisotopic (exact) mass is 294 g/mol. The summed E-state index contributed by atoms with van der Waals surface area (Å²) in [6, 6.07) is 8.16. The van der Waals surface area contributed by atoms with E-state index >= 15 is 0 Å². The number of hydrogen-bond donors (Lipinski definition) is 1. The van der Waals surface area contributed by atoms with E-state index in [9.17, 15) is 5.11 Å². The Balaban J connectivity index is 2.18. The maximum absolute atomic E-state index is 9.85. The number of nitrogens with zero attached hydrogens (tertiary/aromatic N) is 2. The summed E-state index contributed by atoms with van der Waals surface area (Å²) in [6.07, 6.45) is 3.75. The highest BCUT2D eigenvalue weighted by Crippen LogP contribution is 2.17. The van der Waals surface area contributed by atoms with Gasteiger partial charge in [0.25, 0.3) is 0 Å². The van der Waals surface area contributed by atoms with Crippen LogP contribution < -0.4 is 0 Å². The van der Waals surface area contributed by atoms with Gasteiger partial charge in [-0.15, -0.1) is 0 Å². The van der Waals surface area contributed by atoms with Gasteiger partial charge in [0.2, 0.25) is 0 Å². The largest absolute Gasteiger partial charge is 0.387 e. The van der Waals surface area contributed by atoms with E-state index in [1.165, 1.54) is 5.56 Å². The van der Waals surface area contributed by atoms with Crippen molar-refractivity contribution >= 4 is 15.9 Å². The van der Waals surface area contributed by atoms with Gasteiger partial charge >= 0.3 is 0 Å². The summed E-state index contributed by atoms with van der Waals surface area (Å²) in [5.74, 6) is 0. The van der Waals surface area contributed by atoms with E-state index in [0.29, 0.717) is 6.42 Å². The predicted octanol–water partition coefficient (Wildman–Crippen LogP) is 3.14. The fraction of sp³-hybridized carbons (Fsp3) is 0.308. The van der Waals surface area contributed by atoms with Crippen molar-refractivity contribution in [1.29, 1.82) is 0 Å². The van der Waals surface area contributed by atoms with Crippen LogP contribution in [0.25, 0.3) is 0 Å². The van der Waals surface area contributed by atoms with Gasteiger partial charge in [0.15, 0.2) is 0 Å². The first kappa shape index (κ1) is 12.3. The molecule has 2 aromatic rings. The molecule has 90 valence electrons. The zero-order valence-electron chi connectivity index (χ0n) is 9.68. The molecule has 3 nitrogen and oxygen atoms in total. The zero-order chi connectivity index (χ0) is 12.3. The Morgan fingerprint density at radius 2 is 2.06 bits per heavy atom. The van der Waals surface area contributed by atoms with Gasteiger partial charge in [0.05, 0.1) is 24.3 Å². The molecular formula is C13H15BrN2O. The van der Waals surface area contributed by atoms with Crippen LogP contribution in [0, 0.1) is 0 Å². The minimum Gasteiger partial charge on any atom is -0.387 e. The van der Waals surface area contributed by atoms with Crippen molar-refractivity contribution in [2.45, 2.75) is 26.0 Å². The third-order valence-corrected chi connectivity index (χ3v) is 3.27. The molecule has 0 spiro atoms. The highest BCUT2D eigenvalue weighted by molar-refractivity contribution is 9.10. The average Bonchev–Trinajstić information content (AvgIpc) is 2.79. The average molecular weight is 295 g/mol. The number of benzene rings is 1. The molecule has 17 heavy (non-hydrogen) atoms. The van der Waals surface area contributed by atoms with Crippen LogP contribution in [-0.2, 0) is 6.54 Å². The lowest BCUT2D eigenvalue weighted by Gasteiger charge is -2.12. The minimum absolute atomic E-state index is 0.437. The maximum atomic E-state index is 9.85. The fourth-order valence-corrected chi connectivity index (χ4v) is 2.00. The molecule has 2 rings (SSSR count). The molecule has 0 saturated heterocycles. The van der Waals surface area contributed by atoms with E-state index in [4.69, 9.17) is 0 Å². The Bertz CT molecular complexity index is 478. The second-order valence-corrected chi connectivity index (χ2v) is 4.91. The predicted molar refractivity (Wildman–Crippen MR) is 70.7 cm³/mol. The summed E-state index contributed by atoms with van der Waals surface area (Å²) in [4.78, 5) is 4.10. The lowest BCUT2D eigenvalue weighted by atomic mass is 10.2. The van der Waals surface area contributed by atoms with Gasteiger partial charge in [-0.25, -0.2) is 4.98 Å². The van der Waals surface area contributed by atoms with Gasteiger partial charge in [0.1, 0.15) is 0 Å². The first-order chi connectivity index (χ1) is 8.20. The second-order valence-electron chi connectivity index (χ2n) is 4.00. The van der Waals surface area contributed by atoms with Crippen molar-refractivity contribution in [3.63, 3.8) is 0 Å². The van der Waals surface area contributed by atoms with E-state index in [1.807, 2.05) is 23.6 Å². The van der Waals surface area contributed by atoms with Crippen molar-refractivity contribution in [3.8, 4) is 0 Å². The third-order valence-electron chi connectivity index (χ3n) is 2.74. The molecule has 1 aromatic carbocycles. The minimum atomic E-state index is -0.437. The first-order valence-corrected chi connectivity index (χ1v) is 6.42. The molecule has 0 aliphatic heterocycles. The van der Waals surface area contributed by atoms with E-state index < -0.39 is 6.10 Å². The number of imidazole rings is 1. The standard InChI is InChI=1S/C13H15BrN2O/c1-2-13(17)12-7-15-9-16(12)8-10-3-5-11(14)6-4-10/h3-7,9,13,17H,2,8H2,1H3. The molecule has 1 N–H and O–H groups in total. The number of hydrogen-bond acceptors (Lipinski definition) is 2. The van der Waals surface area contributed by atoms with E-state index in [-0.39, 0.29) is 0 Å². The zero-order valence-corrected chi connectivity index (χ0v) is 11.3. The molecule has 1 aromatic heterocycles.